The molecule has 2 nitrogen and oxygen atoms in total. The Labute approximate surface area is 96.2 Å². The number of nitrogens with two attached hydrogens (primary N) is 1. The number of benzene rings is 1. The maximum atomic E-state index is 5.76. The van der Waals surface area contributed by atoms with Crippen molar-refractivity contribution in [2.45, 2.75) is 31.3 Å². The lowest BCUT2D eigenvalue weighted by Crippen LogP contribution is -1.97. The fourth-order valence-corrected chi connectivity index (χ4v) is 2.19. The van der Waals surface area contributed by atoms with Gasteiger partial charge in [0.15, 0.2) is 0 Å². The summed E-state index contributed by atoms with van der Waals surface area (Å²) < 4.78 is 5.30. The van der Waals surface area contributed by atoms with Crippen LogP contribution in [-0.4, -0.2) is 12.4 Å². The molecule has 0 bridgehead atoms. The summed E-state index contributed by atoms with van der Waals surface area (Å²) in [5.41, 5.74) is 7.74. The van der Waals surface area contributed by atoms with Crippen LogP contribution in [0.25, 0.3) is 0 Å². The molecule has 15 heavy (non-hydrogen) atoms. The summed E-state index contributed by atoms with van der Waals surface area (Å²) in [5.74, 6) is 1.89. The van der Waals surface area contributed by atoms with Crippen molar-refractivity contribution in [1.82, 2.24) is 0 Å². The molecule has 0 aliphatic carbocycles. The zero-order valence-electron chi connectivity index (χ0n) is 9.62. The van der Waals surface area contributed by atoms with E-state index in [0.717, 1.165) is 17.2 Å². The van der Waals surface area contributed by atoms with Crippen molar-refractivity contribution < 1.29 is 4.74 Å². The molecule has 0 aliphatic rings. The average molecular weight is 225 g/mol. The highest BCUT2D eigenvalue weighted by Gasteiger charge is 2.06. The largest absolute Gasteiger partial charge is 0.496 e. The van der Waals surface area contributed by atoms with Crippen LogP contribution in [0.1, 0.15) is 25.8 Å². The number of nitrogen functional groups attached to an aromatic ring is 1. The van der Waals surface area contributed by atoms with E-state index < -0.39 is 0 Å². The molecule has 1 aromatic carbocycles. The van der Waals surface area contributed by atoms with Gasteiger partial charge in [0.2, 0.25) is 0 Å². The Balaban J connectivity index is 2.69. The summed E-state index contributed by atoms with van der Waals surface area (Å²) in [6.07, 6.45) is 1.19. The van der Waals surface area contributed by atoms with Crippen LogP contribution < -0.4 is 10.5 Å². The molecular formula is C12H19NOS. The first-order chi connectivity index (χ1) is 7.17. The standard InChI is InChI=1S/C12H19NOS/c1-4-9(2)15-8-10-7-11(13)5-6-12(10)14-3/h5-7,9H,4,8,13H2,1-3H3. The zero-order valence-corrected chi connectivity index (χ0v) is 10.4. The van der Waals surface area contributed by atoms with Crippen molar-refractivity contribution in [3.05, 3.63) is 23.8 Å². The van der Waals surface area contributed by atoms with Gasteiger partial charge in [-0.05, 0) is 24.6 Å². The Bertz CT molecular complexity index is 314. The highest BCUT2D eigenvalue weighted by atomic mass is 32.2. The van der Waals surface area contributed by atoms with E-state index in [-0.39, 0.29) is 0 Å². The van der Waals surface area contributed by atoms with Gasteiger partial charge in [0.05, 0.1) is 7.11 Å². The second-order valence-electron chi connectivity index (χ2n) is 3.60. The molecule has 2 N–H and O–H groups in total. The summed E-state index contributed by atoms with van der Waals surface area (Å²) in [6.45, 7) is 4.44. The van der Waals surface area contributed by atoms with Crippen LogP contribution in [0.3, 0.4) is 0 Å². The molecule has 0 spiro atoms. The van der Waals surface area contributed by atoms with E-state index in [1.165, 1.54) is 12.0 Å². The van der Waals surface area contributed by atoms with Crippen LogP contribution in [0.2, 0.25) is 0 Å². The van der Waals surface area contributed by atoms with E-state index >= 15 is 0 Å². The lowest BCUT2D eigenvalue weighted by Gasteiger charge is -2.11. The van der Waals surface area contributed by atoms with Crippen LogP contribution in [0.15, 0.2) is 18.2 Å². The number of hydrogen-bond acceptors (Lipinski definition) is 3. The van der Waals surface area contributed by atoms with Gasteiger partial charge in [0.1, 0.15) is 5.75 Å². The van der Waals surface area contributed by atoms with Gasteiger partial charge in [-0.1, -0.05) is 13.8 Å². The van der Waals surface area contributed by atoms with Crippen LogP contribution in [0.4, 0.5) is 5.69 Å². The minimum Gasteiger partial charge on any atom is -0.496 e. The maximum Gasteiger partial charge on any atom is 0.123 e. The van der Waals surface area contributed by atoms with E-state index in [1.54, 1.807) is 7.11 Å². The first kappa shape index (κ1) is 12.2. The second-order valence-corrected chi connectivity index (χ2v) is 5.03. The smallest absolute Gasteiger partial charge is 0.123 e. The lowest BCUT2D eigenvalue weighted by atomic mass is 10.2. The van der Waals surface area contributed by atoms with Crippen molar-refractivity contribution >= 4 is 17.4 Å². The van der Waals surface area contributed by atoms with Gasteiger partial charge in [-0.15, -0.1) is 0 Å². The van der Waals surface area contributed by atoms with Crippen molar-refractivity contribution in [2.75, 3.05) is 12.8 Å². The summed E-state index contributed by atoms with van der Waals surface area (Å²) in [6, 6.07) is 5.80. The minimum absolute atomic E-state index is 0.677. The number of anilines is 1. The van der Waals surface area contributed by atoms with E-state index in [4.69, 9.17) is 10.5 Å². The Morgan fingerprint density at radius 2 is 2.20 bits per heavy atom. The summed E-state index contributed by atoms with van der Waals surface area (Å²) in [7, 11) is 1.70. The third-order valence-electron chi connectivity index (χ3n) is 2.40. The van der Waals surface area contributed by atoms with Crippen LogP contribution >= 0.6 is 11.8 Å². The molecule has 0 saturated carbocycles. The quantitative estimate of drug-likeness (QED) is 0.781. The van der Waals surface area contributed by atoms with E-state index in [0.29, 0.717) is 5.25 Å². The lowest BCUT2D eigenvalue weighted by molar-refractivity contribution is 0.411. The third-order valence-corrected chi connectivity index (χ3v) is 3.78. The summed E-state index contributed by atoms with van der Waals surface area (Å²) in [5, 5.41) is 0.677. The molecule has 0 radical (unpaired) electrons. The average Bonchev–Trinajstić information content (AvgIpc) is 2.26. The molecule has 1 unspecified atom stereocenters. The molecule has 0 saturated heterocycles. The van der Waals surface area contributed by atoms with Gasteiger partial charge in [0, 0.05) is 22.3 Å². The predicted octanol–water partition coefficient (Wildman–Crippen LogP) is 3.31. The van der Waals surface area contributed by atoms with Crippen molar-refractivity contribution in [2.24, 2.45) is 0 Å². The molecule has 0 heterocycles. The fraction of sp³-hybridized carbons (Fsp3) is 0.500. The monoisotopic (exact) mass is 225 g/mol. The number of hydrogen-bond donors (Lipinski definition) is 1. The second kappa shape index (κ2) is 5.91. The molecular weight excluding hydrogens is 206 g/mol. The van der Waals surface area contributed by atoms with Gasteiger partial charge in [-0.25, -0.2) is 0 Å². The van der Waals surface area contributed by atoms with Gasteiger partial charge in [-0.3, -0.25) is 0 Å². The fourth-order valence-electron chi connectivity index (χ4n) is 1.26. The summed E-state index contributed by atoms with van der Waals surface area (Å²) in [4.78, 5) is 0. The first-order valence-electron chi connectivity index (χ1n) is 5.21. The molecule has 84 valence electrons. The van der Waals surface area contributed by atoms with Gasteiger partial charge < -0.3 is 10.5 Å². The van der Waals surface area contributed by atoms with Gasteiger partial charge in [-0.2, -0.15) is 11.8 Å². The molecule has 0 amide bonds. The number of methoxy groups -OCH3 is 1. The highest BCUT2D eigenvalue weighted by molar-refractivity contribution is 7.99. The van der Waals surface area contributed by atoms with Crippen molar-refractivity contribution in [3.63, 3.8) is 0 Å². The zero-order chi connectivity index (χ0) is 11.3. The highest BCUT2D eigenvalue weighted by Crippen LogP contribution is 2.27. The SMILES string of the molecule is CCC(C)SCc1cc(N)ccc1OC. The van der Waals surface area contributed by atoms with Gasteiger partial charge in [0.25, 0.3) is 0 Å². The third kappa shape index (κ3) is 3.67. The van der Waals surface area contributed by atoms with E-state index in [1.807, 2.05) is 30.0 Å². The molecule has 0 aromatic heterocycles. The van der Waals surface area contributed by atoms with Crippen LogP contribution in [-0.2, 0) is 5.75 Å². The van der Waals surface area contributed by atoms with Gasteiger partial charge >= 0.3 is 0 Å². The van der Waals surface area contributed by atoms with Crippen LogP contribution in [0, 0.1) is 0 Å². The molecule has 1 rings (SSSR count). The Morgan fingerprint density at radius 3 is 2.80 bits per heavy atom. The summed E-state index contributed by atoms with van der Waals surface area (Å²) >= 11 is 1.93. The molecule has 3 heteroatoms. The normalized spacial score (nSPS) is 12.5. The number of ether oxygens (including phenoxy) is 1. The number of thioether (sulfide) groups is 1. The Hall–Kier alpha value is -0.830. The first-order valence-corrected chi connectivity index (χ1v) is 6.26. The minimum atomic E-state index is 0.677. The number of rotatable bonds is 5. The topological polar surface area (TPSA) is 35.2 Å². The Kier molecular flexibility index (Phi) is 4.82. The molecule has 0 aliphatic heterocycles. The molecule has 0 fully saturated rings. The van der Waals surface area contributed by atoms with Crippen molar-refractivity contribution in [3.8, 4) is 5.75 Å². The molecule has 1 aromatic rings. The van der Waals surface area contributed by atoms with E-state index in [2.05, 4.69) is 13.8 Å². The van der Waals surface area contributed by atoms with Crippen LogP contribution in [0.5, 0.6) is 5.75 Å². The predicted molar refractivity (Wildman–Crippen MR) is 68.5 cm³/mol. The Morgan fingerprint density at radius 1 is 1.47 bits per heavy atom. The molecule has 1 atom stereocenters. The van der Waals surface area contributed by atoms with Crippen molar-refractivity contribution in [1.29, 1.82) is 0 Å². The maximum absolute atomic E-state index is 5.76. The van der Waals surface area contributed by atoms with E-state index in [9.17, 15) is 0 Å².